The highest BCUT2D eigenvalue weighted by atomic mass is 79.9. The molecule has 2 nitrogen and oxygen atoms in total. The fraction of sp³-hybridized carbons (Fsp3) is 0.909. The van der Waals surface area contributed by atoms with Gasteiger partial charge in [0.05, 0.1) is 10.5 Å². The molecule has 0 unspecified atom stereocenters. The second-order valence-electron chi connectivity index (χ2n) is 5.07. The lowest BCUT2D eigenvalue weighted by Crippen LogP contribution is -2.32. The highest BCUT2D eigenvalue weighted by Gasteiger charge is 2.32. The minimum atomic E-state index is 0.403. The second-order valence-corrected chi connectivity index (χ2v) is 6.18. The Hall–Kier alpha value is -0.0500. The first-order valence-corrected chi connectivity index (χ1v) is 6.10. The van der Waals surface area contributed by atoms with E-state index in [-0.39, 0.29) is 0 Å². The highest BCUT2D eigenvalue weighted by molar-refractivity contribution is 9.10. The molecule has 0 bridgehead atoms. The third-order valence-corrected chi connectivity index (χ3v) is 3.94. The van der Waals surface area contributed by atoms with Crippen molar-refractivity contribution < 1.29 is 4.84 Å². The standard InChI is InChI=1S/C11H20BrNO/c1-11(2,3)8-5-6-10(13-14-4)9(12)7-8/h8-9H,5-7H2,1-4H3/b13-10-/t8-,9+/m0/s1. The second kappa shape index (κ2) is 4.65. The van der Waals surface area contributed by atoms with Gasteiger partial charge in [0.15, 0.2) is 0 Å². The van der Waals surface area contributed by atoms with Crippen LogP contribution in [0.3, 0.4) is 0 Å². The molecular formula is C11H20BrNO. The molecule has 0 aromatic heterocycles. The Bertz CT molecular complexity index is 220. The molecule has 0 N–H and O–H groups in total. The van der Waals surface area contributed by atoms with E-state index >= 15 is 0 Å². The van der Waals surface area contributed by atoms with Crippen molar-refractivity contribution in [1.82, 2.24) is 0 Å². The van der Waals surface area contributed by atoms with E-state index in [0.717, 1.165) is 18.1 Å². The maximum atomic E-state index is 4.83. The molecule has 0 aromatic carbocycles. The number of oxime groups is 1. The molecule has 0 saturated heterocycles. The summed E-state index contributed by atoms with van der Waals surface area (Å²) in [6, 6.07) is 0. The van der Waals surface area contributed by atoms with Crippen molar-refractivity contribution >= 4 is 21.6 Å². The number of alkyl halides is 1. The number of hydrogen-bond acceptors (Lipinski definition) is 2. The van der Waals surface area contributed by atoms with Gasteiger partial charge in [0, 0.05) is 0 Å². The van der Waals surface area contributed by atoms with Crippen LogP contribution in [0.5, 0.6) is 0 Å². The number of halogens is 1. The predicted octanol–water partition coefficient (Wildman–Crippen LogP) is 3.60. The normalized spacial score (nSPS) is 31.9. The Kier molecular flexibility index (Phi) is 3.99. The van der Waals surface area contributed by atoms with Crippen molar-refractivity contribution in [3.8, 4) is 0 Å². The lowest BCUT2D eigenvalue weighted by Gasteiger charge is -2.36. The summed E-state index contributed by atoms with van der Waals surface area (Å²) in [6.45, 7) is 6.95. The fourth-order valence-electron chi connectivity index (χ4n) is 1.99. The minimum Gasteiger partial charge on any atom is -0.399 e. The molecule has 1 saturated carbocycles. The summed E-state index contributed by atoms with van der Waals surface area (Å²) in [7, 11) is 1.61. The third-order valence-electron chi connectivity index (χ3n) is 3.04. The zero-order valence-electron chi connectivity index (χ0n) is 9.51. The molecule has 0 aliphatic heterocycles. The van der Waals surface area contributed by atoms with E-state index in [1.807, 2.05) is 0 Å². The Morgan fingerprint density at radius 3 is 2.50 bits per heavy atom. The van der Waals surface area contributed by atoms with Crippen LogP contribution in [0.4, 0.5) is 0 Å². The quantitative estimate of drug-likeness (QED) is 0.522. The maximum Gasteiger partial charge on any atom is 0.106 e. The zero-order valence-corrected chi connectivity index (χ0v) is 11.1. The van der Waals surface area contributed by atoms with Crippen LogP contribution in [-0.2, 0) is 4.84 Å². The average Bonchev–Trinajstić information content (AvgIpc) is 2.07. The lowest BCUT2D eigenvalue weighted by atomic mass is 9.72. The van der Waals surface area contributed by atoms with Crippen molar-refractivity contribution in [2.45, 2.75) is 44.9 Å². The smallest absolute Gasteiger partial charge is 0.106 e. The average molecular weight is 262 g/mol. The number of hydrogen-bond donors (Lipinski definition) is 0. The first kappa shape index (κ1) is 12.0. The van der Waals surface area contributed by atoms with Gasteiger partial charge in [-0.15, -0.1) is 0 Å². The molecule has 1 aliphatic rings. The molecule has 2 atom stereocenters. The van der Waals surface area contributed by atoms with Crippen LogP contribution >= 0.6 is 15.9 Å². The van der Waals surface area contributed by atoms with Gasteiger partial charge in [-0.05, 0) is 30.6 Å². The summed E-state index contributed by atoms with van der Waals surface area (Å²) < 4.78 is 0. The van der Waals surface area contributed by atoms with Gasteiger partial charge in [0.25, 0.3) is 0 Å². The first-order valence-electron chi connectivity index (χ1n) is 5.19. The monoisotopic (exact) mass is 261 g/mol. The van der Waals surface area contributed by atoms with E-state index < -0.39 is 0 Å². The van der Waals surface area contributed by atoms with Gasteiger partial charge < -0.3 is 4.84 Å². The van der Waals surface area contributed by atoms with Gasteiger partial charge >= 0.3 is 0 Å². The number of rotatable bonds is 1. The highest BCUT2D eigenvalue weighted by Crippen LogP contribution is 2.39. The molecule has 1 rings (SSSR count). The first-order chi connectivity index (χ1) is 6.45. The van der Waals surface area contributed by atoms with Crippen LogP contribution in [0.25, 0.3) is 0 Å². The van der Waals surface area contributed by atoms with E-state index in [9.17, 15) is 0 Å². The molecule has 1 aliphatic carbocycles. The number of nitrogens with zero attached hydrogens (tertiary/aromatic N) is 1. The van der Waals surface area contributed by atoms with Crippen molar-refractivity contribution in [1.29, 1.82) is 0 Å². The van der Waals surface area contributed by atoms with E-state index in [0.29, 0.717) is 10.2 Å². The van der Waals surface area contributed by atoms with Gasteiger partial charge in [-0.1, -0.05) is 41.9 Å². The molecule has 82 valence electrons. The van der Waals surface area contributed by atoms with E-state index in [1.165, 1.54) is 12.8 Å². The molecule has 0 spiro atoms. The van der Waals surface area contributed by atoms with Crippen molar-refractivity contribution in [2.75, 3.05) is 7.11 Å². The Morgan fingerprint density at radius 2 is 2.07 bits per heavy atom. The molecule has 0 amide bonds. The zero-order chi connectivity index (χ0) is 10.8. The van der Waals surface area contributed by atoms with Crippen molar-refractivity contribution in [3.05, 3.63) is 0 Å². The predicted molar refractivity (Wildman–Crippen MR) is 64.0 cm³/mol. The van der Waals surface area contributed by atoms with Crippen molar-refractivity contribution in [2.24, 2.45) is 16.5 Å². The molecule has 14 heavy (non-hydrogen) atoms. The Labute approximate surface area is 95.2 Å². The molecule has 0 radical (unpaired) electrons. The molecular weight excluding hydrogens is 242 g/mol. The molecule has 1 fully saturated rings. The molecule has 3 heteroatoms. The van der Waals surface area contributed by atoms with Crippen LogP contribution in [0.2, 0.25) is 0 Å². The van der Waals surface area contributed by atoms with Crippen molar-refractivity contribution in [3.63, 3.8) is 0 Å². The summed E-state index contributed by atoms with van der Waals surface area (Å²) in [6.07, 6.45) is 3.46. The topological polar surface area (TPSA) is 21.6 Å². The van der Waals surface area contributed by atoms with E-state index in [1.54, 1.807) is 7.11 Å². The van der Waals surface area contributed by atoms with Crippen LogP contribution in [0.15, 0.2) is 5.16 Å². The van der Waals surface area contributed by atoms with E-state index in [2.05, 4.69) is 41.9 Å². The summed E-state index contributed by atoms with van der Waals surface area (Å²) >= 11 is 3.68. The molecule has 0 heterocycles. The van der Waals surface area contributed by atoms with Crippen LogP contribution in [-0.4, -0.2) is 17.6 Å². The lowest BCUT2D eigenvalue weighted by molar-refractivity contribution is 0.194. The Balaban J connectivity index is 2.60. The van der Waals surface area contributed by atoms with Gasteiger partial charge in [-0.2, -0.15) is 0 Å². The maximum absolute atomic E-state index is 4.83. The van der Waals surface area contributed by atoms with Crippen LogP contribution < -0.4 is 0 Å². The summed E-state index contributed by atoms with van der Waals surface area (Å²) in [5.41, 5.74) is 1.57. The largest absolute Gasteiger partial charge is 0.399 e. The van der Waals surface area contributed by atoms with Gasteiger partial charge in [-0.25, -0.2) is 0 Å². The summed E-state index contributed by atoms with van der Waals surface area (Å²) in [5, 5.41) is 4.05. The summed E-state index contributed by atoms with van der Waals surface area (Å²) in [4.78, 5) is 5.23. The van der Waals surface area contributed by atoms with Gasteiger partial charge in [0.2, 0.25) is 0 Å². The van der Waals surface area contributed by atoms with Crippen LogP contribution in [0, 0.1) is 11.3 Å². The fourth-order valence-corrected chi connectivity index (χ4v) is 2.75. The molecule has 0 aromatic rings. The summed E-state index contributed by atoms with van der Waals surface area (Å²) in [5.74, 6) is 0.780. The van der Waals surface area contributed by atoms with Gasteiger partial charge in [-0.3, -0.25) is 0 Å². The van der Waals surface area contributed by atoms with Gasteiger partial charge in [0.1, 0.15) is 7.11 Å². The Morgan fingerprint density at radius 1 is 1.43 bits per heavy atom. The SMILES string of the molecule is CO/N=C1/CC[C@H](C(C)(C)C)C[C@H]1Br. The minimum absolute atomic E-state index is 0.403. The van der Waals surface area contributed by atoms with E-state index in [4.69, 9.17) is 4.84 Å². The van der Waals surface area contributed by atoms with Crippen LogP contribution in [0.1, 0.15) is 40.0 Å². The third kappa shape index (κ3) is 2.97.